The summed E-state index contributed by atoms with van der Waals surface area (Å²) in [5.74, 6) is 1.69. The minimum absolute atomic E-state index is 0.131. The summed E-state index contributed by atoms with van der Waals surface area (Å²) in [7, 11) is -6.25. The molecule has 51 heavy (non-hydrogen) atoms. The van der Waals surface area contributed by atoms with E-state index in [9.17, 15) is 21.0 Å². The third-order valence-corrected chi connectivity index (χ3v) is 13.0. The molecule has 0 fully saturated rings. The van der Waals surface area contributed by atoms with Crippen molar-refractivity contribution in [1.29, 1.82) is 21.0 Å². The Kier molecular flexibility index (Phi) is 11.3. The highest BCUT2D eigenvalue weighted by Crippen LogP contribution is 2.45. The average molecular weight is 746 g/mol. The van der Waals surface area contributed by atoms with Gasteiger partial charge in [-0.2, -0.15) is 21.0 Å². The molecule has 0 saturated heterocycles. The second-order valence-electron chi connectivity index (χ2n) is 9.78. The fourth-order valence-corrected chi connectivity index (χ4v) is 11.1. The number of hydrogen-bond acceptors (Lipinski definition) is 10. The molecule has 0 spiro atoms. The van der Waals surface area contributed by atoms with Gasteiger partial charge < -0.3 is 23.2 Å². The van der Waals surface area contributed by atoms with Crippen LogP contribution < -0.4 is 23.2 Å². The van der Waals surface area contributed by atoms with Crippen LogP contribution in [0.3, 0.4) is 0 Å². The van der Waals surface area contributed by atoms with Crippen molar-refractivity contribution in [2.45, 2.75) is 0 Å². The number of para-hydroxylation sites is 4. The topological polar surface area (TPSA) is 180 Å². The SMILES string of the molecule is N#Cc1cc(Op2[nH]pnp(Oc3ccccc3)n(Oc3ccccc3)p(Oc3ccccc3)n2Oc2ccccc2)c(C#N)c(C#N)c1C#N. The molecule has 0 radical (unpaired) electrons. The largest absolute Gasteiger partial charge is 0.414 e. The molecule has 1 N–H and O–H groups in total. The highest BCUT2D eigenvalue weighted by atomic mass is 31.2. The fourth-order valence-electron chi connectivity index (χ4n) is 4.24. The molecule has 5 aromatic carbocycles. The van der Waals surface area contributed by atoms with Crippen LogP contribution in [0.5, 0.6) is 28.7 Å². The van der Waals surface area contributed by atoms with Gasteiger partial charge in [-0.25, -0.2) is 0 Å². The molecule has 0 aliphatic heterocycles. The van der Waals surface area contributed by atoms with Gasteiger partial charge in [0.15, 0.2) is 17.2 Å². The number of benzene rings is 5. The maximum atomic E-state index is 10.2. The predicted molar refractivity (Wildman–Crippen MR) is 192 cm³/mol. The number of hydrogen-bond donors (Lipinski definition) is 1. The van der Waals surface area contributed by atoms with Crippen LogP contribution in [0.2, 0.25) is 0 Å². The van der Waals surface area contributed by atoms with Crippen molar-refractivity contribution in [3.05, 3.63) is 150 Å². The highest BCUT2D eigenvalue weighted by molar-refractivity contribution is 7.57. The third-order valence-electron chi connectivity index (χ3n) is 6.50. The van der Waals surface area contributed by atoms with Crippen molar-refractivity contribution in [2.75, 3.05) is 0 Å². The Morgan fingerprint density at radius 1 is 0.549 bits per heavy atom. The highest BCUT2D eigenvalue weighted by Gasteiger charge is 2.25. The molecule has 13 nitrogen and oxygen atoms in total. The Morgan fingerprint density at radius 2 is 1.04 bits per heavy atom. The van der Waals surface area contributed by atoms with Gasteiger partial charge in [-0.15, -0.1) is 4.51 Å². The van der Waals surface area contributed by atoms with Crippen molar-refractivity contribution in [3.63, 3.8) is 0 Å². The van der Waals surface area contributed by atoms with Crippen LogP contribution in [0.25, 0.3) is 0 Å². The average Bonchev–Trinajstić information content (AvgIpc) is 3.18. The second-order valence-corrected chi connectivity index (χ2v) is 15.7. The van der Waals surface area contributed by atoms with E-state index in [1.807, 2.05) is 84.9 Å². The summed E-state index contributed by atoms with van der Waals surface area (Å²) in [6.07, 6.45) is 0. The van der Waals surface area contributed by atoms with E-state index in [1.54, 1.807) is 60.7 Å². The third kappa shape index (κ3) is 8.20. The molecule has 6 rings (SSSR count). The van der Waals surface area contributed by atoms with E-state index in [2.05, 4.69) is 4.51 Å². The van der Waals surface area contributed by atoms with Crippen LogP contribution >= 0.6 is 32.7 Å². The number of aromatic nitrogens is 4. The minimum Gasteiger partial charge on any atom is -0.414 e. The van der Waals surface area contributed by atoms with Crippen molar-refractivity contribution in [3.8, 4) is 53.0 Å². The first-order valence-corrected chi connectivity index (χ1v) is 19.1. The second kappa shape index (κ2) is 16.7. The van der Waals surface area contributed by atoms with Gasteiger partial charge in [-0.1, -0.05) is 77.1 Å². The van der Waals surface area contributed by atoms with E-state index in [4.69, 9.17) is 27.8 Å². The monoisotopic (exact) mass is 746 g/mol. The first-order valence-electron chi connectivity index (χ1n) is 14.7. The summed E-state index contributed by atoms with van der Waals surface area (Å²) in [6, 6.07) is 44.9. The Balaban J connectivity index is 1.69. The van der Waals surface area contributed by atoms with E-state index in [0.29, 0.717) is 23.0 Å². The zero-order valence-corrected chi connectivity index (χ0v) is 29.7. The number of nitrogens with zero attached hydrogens (tertiary/aromatic N) is 7. The van der Waals surface area contributed by atoms with Crippen LogP contribution in [0.4, 0.5) is 0 Å². The summed E-state index contributed by atoms with van der Waals surface area (Å²) in [4.78, 5) is 13.1. The summed E-state index contributed by atoms with van der Waals surface area (Å²) >= 11 is 0. The van der Waals surface area contributed by atoms with Gasteiger partial charge in [0.05, 0.1) is 16.7 Å². The van der Waals surface area contributed by atoms with Gasteiger partial charge in [0, 0.05) is 6.07 Å². The summed E-state index contributed by atoms with van der Waals surface area (Å²) < 4.78 is 30.6. The van der Waals surface area contributed by atoms with Crippen LogP contribution in [-0.4, -0.2) is 17.5 Å². The van der Waals surface area contributed by atoms with Crippen LogP contribution in [0.15, 0.2) is 127 Å². The molecule has 3 unspecified atom stereocenters. The summed E-state index contributed by atoms with van der Waals surface area (Å²) in [6.45, 7) is 0. The van der Waals surface area contributed by atoms with Crippen molar-refractivity contribution < 1.29 is 23.2 Å². The zero-order chi connectivity index (χ0) is 35.4. The fraction of sp³-hybridized carbons (Fsp3) is 0. The molecule has 1 aromatic heterocycles. The lowest BCUT2D eigenvalue weighted by molar-refractivity contribution is 0.230. The Hall–Kier alpha value is -6.54. The lowest BCUT2D eigenvalue weighted by Crippen LogP contribution is -2.14. The molecule has 6 aromatic rings. The molecule has 17 heteroatoms. The quantitative estimate of drug-likeness (QED) is 0.142. The smallest absolute Gasteiger partial charge is 0.321 e. The van der Waals surface area contributed by atoms with Gasteiger partial charge in [0.2, 0.25) is 0 Å². The van der Waals surface area contributed by atoms with Gasteiger partial charge in [0.1, 0.15) is 49.8 Å². The Labute approximate surface area is 296 Å². The number of nitriles is 4. The molecule has 0 aliphatic carbocycles. The molecule has 0 aliphatic rings. The van der Waals surface area contributed by atoms with Gasteiger partial charge in [-0.3, -0.25) is 4.51 Å². The summed E-state index contributed by atoms with van der Waals surface area (Å²) in [5, 5.41) is 39.7. The number of nitrogens with one attached hydrogen (secondary N) is 1. The Morgan fingerprint density at radius 3 is 1.55 bits per heavy atom. The van der Waals surface area contributed by atoms with E-state index in [-0.39, 0.29) is 36.5 Å². The normalized spacial score (nSPS) is 11.1. The number of aromatic amines is 1. The minimum atomic E-state index is -2.28. The number of H-pyrrole nitrogens is 1. The molecule has 248 valence electrons. The first kappa shape index (κ1) is 34.3. The molecule has 1 heterocycles. The first-order chi connectivity index (χ1) is 25.1. The standard InChI is InChI=1S/C34H22N8O5P4/c35-22-26-21-34(33(25-38)32(24-37)31(26)23-36)47-50-40-48-39-49(45-29-17-9-3-10-18-29)41(43-27-13-5-1-6-14-27)51(46-30-19-11-4-12-20-30)42(50)44-28-15-7-2-8-16-28/h1-21H,(H,39,40). The van der Waals surface area contributed by atoms with Gasteiger partial charge in [0.25, 0.3) is 8.08 Å². The maximum absolute atomic E-state index is 10.2. The Bertz CT molecular complexity index is 2410. The summed E-state index contributed by atoms with van der Waals surface area (Å²) in [5.41, 5.74) is -0.883. The van der Waals surface area contributed by atoms with Crippen molar-refractivity contribution in [1.82, 2.24) is 17.5 Å². The number of rotatable bonds is 10. The predicted octanol–water partition coefficient (Wildman–Crippen LogP) is 9.50. The van der Waals surface area contributed by atoms with Gasteiger partial charge >= 0.3 is 16.2 Å². The van der Waals surface area contributed by atoms with E-state index in [0.717, 1.165) is 0 Å². The maximum Gasteiger partial charge on any atom is 0.321 e. The molecule has 0 amide bonds. The molecule has 0 saturated carbocycles. The molecular formula is C34H22N8O5P4. The lowest BCUT2D eigenvalue weighted by Gasteiger charge is -2.22. The van der Waals surface area contributed by atoms with Crippen LogP contribution in [0, 0.1) is 45.3 Å². The van der Waals surface area contributed by atoms with Crippen LogP contribution in [-0.2, 0) is 0 Å². The molecule has 3 atom stereocenters. The van der Waals surface area contributed by atoms with Crippen LogP contribution in [0.1, 0.15) is 22.3 Å². The van der Waals surface area contributed by atoms with Gasteiger partial charge in [-0.05, 0) is 52.8 Å². The van der Waals surface area contributed by atoms with Crippen molar-refractivity contribution in [2.24, 2.45) is 0 Å². The van der Waals surface area contributed by atoms with Crippen molar-refractivity contribution >= 4 is 32.7 Å². The van der Waals surface area contributed by atoms with E-state index >= 15 is 0 Å². The zero-order valence-electron chi connectivity index (χ0n) is 26.1. The molecular weight excluding hydrogens is 724 g/mol. The van der Waals surface area contributed by atoms with E-state index < -0.39 is 24.2 Å². The lowest BCUT2D eigenvalue weighted by atomic mass is 9.97. The van der Waals surface area contributed by atoms with E-state index in [1.165, 1.54) is 14.6 Å². The molecule has 0 bridgehead atoms.